The number of halogens is 2. The fourth-order valence-electron chi connectivity index (χ4n) is 3.33. The van der Waals surface area contributed by atoms with Crippen molar-refractivity contribution in [2.75, 3.05) is 13.2 Å². The number of carbonyl (C=O) groups is 2. The molecule has 256 valence electrons. The summed E-state index contributed by atoms with van der Waals surface area (Å²) in [5.74, 6) is 0. The van der Waals surface area contributed by atoms with Crippen molar-refractivity contribution >= 4 is 23.3 Å². The summed E-state index contributed by atoms with van der Waals surface area (Å²) in [6, 6.07) is 1.75. The number of aliphatic hydroxyl groups excluding tert-OH is 3. The Hall–Kier alpha value is -1.44. The second-order valence-corrected chi connectivity index (χ2v) is 7.16. The summed E-state index contributed by atoms with van der Waals surface area (Å²) < 4.78 is 8.66. The second-order valence-electron chi connectivity index (χ2n) is 7.16. The Bertz CT molecular complexity index is 990. The van der Waals surface area contributed by atoms with Crippen molar-refractivity contribution < 1.29 is 117 Å². The molecule has 0 bridgehead atoms. The van der Waals surface area contributed by atoms with Crippen LogP contribution in [0.3, 0.4) is 0 Å². The van der Waals surface area contributed by atoms with Gasteiger partial charge in [0.15, 0.2) is 11.7 Å². The Morgan fingerprint density at radius 1 is 0.952 bits per heavy atom. The number of aryl methyl sites for hydroxylation is 1. The topological polar surface area (TPSA) is 396 Å². The van der Waals surface area contributed by atoms with Crippen molar-refractivity contribution in [3.63, 3.8) is 0 Å². The predicted octanol–water partition coefficient (Wildman–Crippen LogP) is -8.25. The molecule has 1 aliphatic heterocycles. The van der Waals surface area contributed by atoms with E-state index in [1.54, 1.807) is 16.8 Å². The molecule has 0 unspecified atom stereocenters. The number of pyridine rings is 1. The van der Waals surface area contributed by atoms with Crippen LogP contribution in [0, 0.1) is 0 Å². The molecule has 42 heavy (non-hydrogen) atoms. The maximum atomic E-state index is 12.6. The number of aromatic nitrogens is 3. The van der Waals surface area contributed by atoms with Gasteiger partial charge in [-0.3, -0.25) is 4.79 Å². The van der Waals surface area contributed by atoms with Crippen LogP contribution in [0.1, 0.15) is 31.9 Å². The van der Waals surface area contributed by atoms with Gasteiger partial charge in [-0.15, -0.1) is 0 Å². The largest absolute Gasteiger partial charge is 2.00 e. The van der Waals surface area contributed by atoms with Crippen molar-refractivity contribution in [2.24, 2.45) is 5.73 Å². The first-order valence-electron chi connectivity index (χ1n) is 10.2. The number of unbranched alkanes of at least 4 members (excludes halogenated alkanes) is 3. The van der Waals surface area contributed by atoms with Gasteiger partial charge in [-0.1, -0.05) is 12.8 Å². The molecule has 3 rings (SSSR count). The molecule has 0 aromatic carbocycles. The summed E-state index contributed by atoms with van der Waals surface area (Å²) >= 11 is 0. The second kappa shape index (κ2) is 31.0. The number of hydrogen-bond acceptors (Lipinski definition) is 15. The number of ether oxygens (including phenoxy) is 1. The third-order valence-corrected chi connectivity index (χ3v) is 4.85. The van der Waals surface area contributed by atoms with E-state index in [0.717, 1.165) is 25.7 Å². The van der Waals surface area contributed by atoms with Crippen molar-refractivity contribution in [1.29, 1.82) is 0 Å². The monoisotopic (exact) mass is 1020 g/mol. The Kier molecular flexibility index (Phi) is 44.2. The summed E-state index contributed by atoms with van der Waals surface area (Å²) in [4.78, 5) is 33.7. The molecule has 3 heterocycles. The summed E-state index contributed by atoms with van der Waals surface area (Å²) in [5.41, 5.74) is 6.07. The number of nitrogens with two attached hydrogens (primary N) is 1. The minimum atomic E-state index is -2.08. The van der Waals surface area contributed by atoms with Gasteiger partial charge >= 0.3 is 42.1 Å². The van der Waals surface area contributed by atoms with E-state index < -0.39 is 43.5 Å². The van der Waals surface area contributed by atoms with Crippen LogP contribution in [0.15, 0.2) is 23.4 Å². The Morgan fingerprint density at radius 3 is 1.86 bits per heavy atom. The normalized spacial score (nSPS) is 17.2. The SMILES string of the molecule is N.N.N.N.NCCCCCCn1ccc2c(ncn2[C@@H]2O[C@H](CO)[C@@H](O)[C@H]2O)c1=O.O=C([O-])O.O=C([O-])O.[Cl-].[Cl-].[Pt+2].[Pt+2]. The predicted molar refractivity (Wildman–Crippen MR) is 131 cm³/mol. The number of carboxylic acid groups (broad SMARTS) is 4. The van der Waals surface area contributed by atoms with Gasteiger partial charge in [0.05, 0.1) is 18.5 Å². The molecule has 2 aromatic heterocycles. The van der Waals surface area contributed by atoms with Crippen molar-refractivity contribution in [3.8, 4) is 0 Å². The van der Waals surface area contributed by atoms with Gasteiger partial charge in [-0.2, -0.15) is 0 Å². The maximum Gasteiger partial charge on any atom is 2.00 e. The van der Waals surface area contributed by atoms with E-state index in [9.17, 15) is 20.1 Å². The molecule has 0 saturated carbocycles. The fraction of sp³-hybridized carbons (Fsp3) is 0.579. The summed E-state index contributed by atoms with van der Waals surface area (Å²) in [6.07, 6.45) is -1.30. The number of nitrogens with zero attached hydrogens (tertiary/aromatic N) is 3. The molecule has 19 nitrogen and oxygen atoms in total. The molecule has 1 aliphatic rings. The molecule has 19 N–H and O–H groups in total. The number of fused-ring (bicyclic) bond motifs is 1. The summed E-state index contributed by atoms with van der Waals surface area (Å²) in [5, 5.41) is 59.9. The quantitative estimate of drug-likeness (QED) is 0.110. The molecule has 4 atom stereocenters. The molecule has 23 heteroatoms. The fourth-order valence-corrected chi connectivity index (χ4v) is 3.33. The van der Waals surface area contributed by atoms with Crippen molar-refractivity contribution in [2.45, 2.75) is 56.8 Å². The molecule has 2 aromatic rings. The van der Waals surface area contributed by atoms with Crippen LogP contribution >= 0.6 is 0 Å². The Balaban J connectivity index is -0.000000108. The zero-order valence-electron chi connectivity index (χ0n) is 22.3. The first-order valence-corrected chi connectivity index (χ1v) is 10.2. The zero-order chi connectivity index (χ0) is 25.8. The van der Waals surface area contributed by atoms with E-state index >= 15 is 0 Å². The average Bonchev–Trinajstić information content (AvgIpc) is 3.30. The zero-order valence-corrected chi connectivity index (χ0v) is 28.4. The van der Waals surface area contributed by atoms with E-state index in [2.05, 4.69) is 4.98 Å². The molecule has 0 radical (unpaired) electrons. The molecular weight excluding hydrogens is 977 g/mol. The van der Waals surface area contributed by atoms with Crippen LogP contribution in [0.4, 0.5) is 9.59 Å². The minimum absolute atomic E-state index is 0. The van der Waals surface area contributed by atoms with E-state index in [4.69, 9.17) is 40.5 Å². The van der Waals surface area contributed by atoms with Crippen molar-refractivity contribution in [1.82, 2.24) is 38.7 Å². The number of imidazole rings is 1. The molecule has 1 fully saturated rings. The standard InChI is InChI=1S/C17H26N4O5.2CH2O3.2ClH.4H3N.2Pt/c18-6-3-1-2-4-7-20-8-5-11-13(16(20)25)19-10-21(11)17-15(24)14(23)12(9-22)26-17;2*2-1(3)4;;;;;;;;/h5,8,10,12,14-15,17,22-24H,1-4,6-7,9,18H2;2*(H2,2,3,4);2*1H;4*1H3;;/q;;;;;;;;;2*+2/p-4/t12-,14-,15-,17-;;;;;;;;;;/m1........../s1. The van der Waals surface area contributed by atoms with E-state index in [1.165, 1.54) is 10.9 Å². The van der Waals surface area contributed by atoms with E-state index in [0.29, 0.717) is 18.6 Å². The Morgan fingerprint density at radius 2 is 1.43 bits per heavy atom. The van der Waals surface area contributed by atoms with Crippen LogP contribution in [-0.2, 0) is 53.4 Å². The van der Waals surface area contributed by atoms with Crippen LogP contribution in [-0.4, -0.2) is 83.4 Å². The number of aliphatic hydroxyl groups is 3. The van der Waals surface area contributed by atoms with Crippen LogP contribution in [0.2, 0.25) is 0 Å². The van der Waals surface area contributed by atoms with Crippen LogP contribution in [0.5, 0.6) is 0 Å². The van der Waals surface area contributed by atoms with Gasteiger partial charge < -0.3 is 114 Å². The van der Waals surface area contributed by atoms with Gasteiger partial charge in [0.1, 0.15) is 18.3 Å². The first kappa shape index (κ1) is 59.9. The third-order valence-electron chi connectivity index (χ3n) is 4.85. The van der Waals surface area contributed by atoms with Crippen molar-refractivity contribution in [3.05, 3.63) is 28.9 Å². The number of rotatable bonds is 8. The summed E-state index contributed by atoms with van der Waals surface area (Å²) in [6.45, 7) is 0.892. The Labute approximate surface area is 282 Å². The van der Waals surface area contributed by atoms with Crippen LogP contribution in [0.25, 0.3) is 11.0 Å². The van der Waals surface area contributed by atoms with Crippen LogP contribution < -0.4 is 70.9 Å². The average molecular weight is 1020 g/mol. The minimum Gasteiger partial charge on any atom is -1.00 e. The van der Waals surface area contributed by atoms with Gasteiger partial charge in [-0.25, -0.2) is 4.98 Å². The van der Waals surface area contributed by atoms with Gasteiger partial charge in [0.2, 0.25) is 12.3 Å². The van der Waals surface area contributed by atoms with E-state index in [1.807, 2.05) is 0 Å². The van der Waals surface area contributed by atoms with E-state index in [-0.39, 0.29) is 103 Å². The summed E-state index contributed by atoms with van der Waals surface area (Å²) in [7, 11) is 0. The molecule has 1 saturated heterocycles. The molecule has 0 amide bonds. The maximum absolute atomic E-state index is 12.6. The molecule has 0 spiro atoms. The third kappa shape index (κ3) is 19.0. The molecular formula is C19H40Cl2N8O11Pt2. The van der Waals surface area contributed by atoms with Gasteiger partial charge in [0, 0.05) is 12.7 Å². The first-order chi connectivity index (χ1) is 16.0. The molecule has 0 aliphatic carbocycles. The van der Waals surface area contributed by atoms with Gasteiger partial charge in [-0.05, 0) is 25.5 Å². The van der Waals surface area contributed by atoms with Gasteiger partial charge in [0.25, 0.3) is 5.56 Å². The smallest absolute Gasteiger partial charge is 1.00 e. The number of hydrogen-bond donors (Lipinski definition) is 10.